The van der Waals surface area contributed by atoms with Gasteiger partial charge in [-0.25, -0.2) is 0 Å². The average Bonchev–Trinajstić information content (AvgIpc) is 2.71. The van der Waals surface area contributed by atoms with Gasteiger partial charge in [0.05, 0.1) is 32.3 Å². The van der Waals surface area contributed by atoms with Gasteiger partial charge in [0.1, 0.15) is 5.75 Å². The molecule has 27 heavy (non-hydrogen) atoms. The molecular weight excluding hydrogens is 364 g/mol. The minimum absolute atomic E-state index is 0.0156. The van der Waals surface area contributed by atoms with E-state index in [9.17, 15) is 4.79 Å². The lowest BCUT2D eigenvalue weighted by atomic mass is 10.0. The molecular formula is C21H25ClN2O3. The van der Waals surface area contributed by atoms with Crippen LogP contribution < -0.4 is 10.1 Å². The fraction of sp³-hybridized carbons (Fsp3) is 0.381. The molecule has 1 aliphatic rings. The molecule has 3 rings (SSSR count). The number of ether oxygens (including phenoxy) is 2. The van der Waals surface area contributed by atoms with Crippen molar-refractivity contribution in [3.8, 4) is 5.75 Å². The molecule has 0 aromatic heterocycles. The van der Waals surface area contributed by atoms with E-state index in [4.69, 9.17) is 21.1 Å². The summed E-state index contributed by atoms with van der Waals surface area (Å²) in [6.07, 6.45) is 0.325. The molecule has 0 aliphatic carbocycles. The molecule has 1 fully saturated rings. The molecule has 1 amide bonds. The van der Waals surface area contributed by atoms with E-state index < -0.39 is 0 Å². The third-order valence-corrected chi connectivity index (χ3v) is 4.83. The Morgan fingerprint density at radius 2 is 1.81 bits per heavy atom. The zero-order chi connectivity index (χ0) is 18.9. The summed E-state index contributed by atoms with van der Waals surface area (Å²) in [6.45, 7) is 4.03. The van der Waals surface area contributed by atoms with Crippen molar-refractivity contribution in [2.45, 2.75) is 12.5 Å². The van der Waals surface area contributed by atoms with Crippen molar-refractivity contribution in [2.75, 3.05) is 39.5 Å². The summed E-state index contributed by atoms with van der Waals surface area (Å²) in [7, 11) is 0. The van der Waals surface area contributed by atoms with Crippen LogP contribution in [0.15, 0.2) is 54.6 Å². The summed E-state index contributed by atoms with van der Waals surface area (Å²) in [4.78, 5) is 14.6. The molecule has 5 nitrogen and oxygen atoms in total. The fourth-order valence-corrected chi connectivity index (χ4v) is 3.24. The molecule has 1 N–H and O–H groups in total. The van der Waals surface area contributed by atoms with Gasteiger partial charge in [0.15, 0.2) is 0 Å². The van der Waals surface area contributed by atoms with Crippen LogP contribution >= 0.6 is 11.6 Å². The smallest absolute Gasteiger partial charge is 0.223 e. The maximum Gasteiger partial charge on any atom is 0.223 e. The van der Waals surface area contributed by atoms with Crippen molar-refractivity contribution >= 4 is 17.5 Å². The fourth-order valence-electron chi connectivity index (χ4n) is 3.11. The lowest BCUT2D eigenvalue weighted by molar-refractivity contribution is -0.121. The Hall–Kier alpha value is -2.08. The molecule has 2 aromatic rings. The number of carbonyl (C=O) groups is 1. The Labute approximate surface area is 165 Å². The van der Waals surface area contributed by atoms with Gasteiger partial charge < -0.3 is 14.8 Å². The van der Waals surface area contributed by atoms with Crippen LogP contribution in [0.5, 0.6) is 5.75 Å². The van der Waals surface area contributed by atoms with Crippen LogP contribution in [0, 0.1) is 0 Å². The molecule has 144 valence electrons. The predicted octanol–water partition coefficient (Wildman–Crippen LogP) is 3.30. The topological polar surface area (TPSA) is 50.8 Å². The third-order valence-electron chi connectivity index (χ3n) is 4.57. The molecule has 6 heteroatoms. The Kier molecular flexibility index (Phi) is 7.51. The van der Waals surface area contributed by atoms with Crippen molar-refractivity contribution in [1.82, 2.24) is 10.2 Å². The number of amides is 1. The van der Waals surface area contributed by atoms with Gasteiger partial charge in [-0.05, 0) is 29.8 Å². The van der Waals surface area contributed by atoms with Gasteiger partial charge in [0.25, 0.3) is 0 Å². The standard InChI is InChI=1S/C21H25ClN2O3/c22-18-8-6-17(7-9-18)20(24-11-14-26-15-12-24)16-23-21(25)10-13-27-19-4-2-1-3-5-19/h1-9,20H,10-16H2,(H,23,25). The van der Waals surface area contributed by atoms with Crippen LogP contribution in [0.25, 0.3) is 0 Å². The molecule has 0 spiro atoms. The lowest BCUT2D eigenvalue weighted by Crippen LogP contribution is -2.44. The highest BCUT2D eigenvalue weighted by molar-refractivity contribution is 6.30. The third kappa shape index (κ3) is 6.24. The van der Waals surface area contributed by atoms with Crippen molar-refractivity contribution < 1.29 is 14.3 Å². The second-order valence-corrected chi connectivity index (χ2v) is 6.87. The normalized spacial score (nSPS) is 15.9. The van der Waals surface area contributed by atoms with Gasteiger partial charge in [-0.15, -0.1) is 0 Å². The largest absolute Gasteiger partial charge is 0.493 e. The van der Waals surface area contributed by atoms with Crippen LogP contribution in [-0.2, 0) is 9.53 Å². The van der Waals surface area contributed by atoms with Crippen molar-refractivity contribution in [1.29, 1.82) is 0 Å². The summed E-state index contributed by atoms with van der Waals surface area (Å²) < 4.78 is 11.1. The van der Waals surface area contributed by atoms with Crippen LogP contribution in [0.2, 0.25) is 5.02 Å². The molecule has 0 radical (unpaired) electrons. The first kappa shape index (κ1) is 19.7. The minimum atomic E-state index is -0.0156. The van der Waals surface area contributed by atoms with Crippen LogP contribution in [0.1, 0.15) is 18.0 Å². The molecule has 1 saturated heterocycles. The first-order chi connectivity index (χ1) is 13.2. The van der Waals surface area contributed by atoms with E-state index in [1.54, 1.807) is 0 Å². The van der Waals surface area contributed by atoms with Gasteiger partial charge >= 0.3 is 0 Å². The number of hydrogen-bond donors (Lipinski definition) is 1. The van der Waals surface area contributed by atoms with Gasteiger partial charge in [0, 0.05) is 24.7 Å². The number of morpholine rings is 1. The van der Waals surface area contributed by atoms with E-state index in [1.165, 1.54) is 0 Å². The van der Waals surface area contributed by atoms with Crippen molar-refractivity contribution in [2.24, 2.45) is 0 Å². The molecule has 2 aromatic carbocycles. The molecule has 0 saturated carbocycles. The van der Waals surface area contributed by atoms with Gasteiger partial charge in [-0.3, -0.25) is 9.69 Å². The van der Waals surface area contributed by atoms with Gasteiger partial charge in [-0.1, -0.05) is 41.9 Å². The summed E-state index contributed by atoms with van der Waals surface area (Å²) in [5, 5.41) is 3.75. The number of nitrogens with one attached hydrogen (secondary N) is 1. The van der Waals surface area contributed by atoms with E-state index in [1.807, 2.05) is 54.6 Å². The van der Waals surface area contributed by atoms with E-state index in [-0.39, 0.29) is 11.9 Å². The van der Waals surface area contributed by atoms with Gasteiger partial charge in [0.2, 0.25) is 5.91 Å². The molecule has 1 unspecified atom stereocenters. The first-order valence-corrected chi connectivity index (χ1v) is 9.62. The maximum absolute atomic E-state index is 12.3. The monoisotopic (exact) mass is 388 g/mol. The second-order valence-electron chi connectivity index (χ2n) is 6.43. The Bertz CT molecular complexity index is 703. The van der Waals surface area contributed by atoms with E-state index in [0.29, 0.717) is 37.8 Å². The predicted molar refractivity (Wildman–Crippen MR) is 106 cm³/mol. The van der Waals surface area contributed by atoms with Crippen LogP contribution in [0.4, 0.5) is 0 Å². The zero-order valence-corrected chi connectivity index (χ0v) is 16.0. The summed E-state index contributed by atoms with van der Waals surface area (Å²) in [5.41, 5.74) is 1.14. The minimum Gasteiger partial charge on any atom is -0.493 e. The van der Waals surface area contributed by atoms with Gasteiger partial charge in [-0.2, -0.15) is 0 Å². The number of benzene rings is 2. The summed E-state index contributed by atoms with van der Waals surface area (Å²) in [6, 6.07) is 17.4. The van der Waals surface area contributed by atoms with E-state index >= 15 is 0 Å². The van der Waals surface area contributed by atoms with E-state index in [2.05, 4.69) is 10.2 Å². The Morgan fingerprint density at radius 3 is 2.52 bits per heavy atom. The number of hydrogen-bond acceptors (Lipinski definition) is 4. The second kappa shape index (κ2) is 10.3. The Balaban J connectivity index is 1.52. The Morgan fingerprint density at radius 1 is 1.11 bits per heavy atom. The zero-order valence-electron chi connectivity index (χ0n) is 15.3. The highest BCUT2D eigenvalue weighted by Crippen LogP contribution is 2.23. The first-order valence-electron chi connectivity index (χ1n) is 9.24. The van der Waals surface area contributed by atoms with Crippen LogP contribution in [-0.4, -0.2) is 50.3 Å². The highest BCUT2D eigenvalue weighted by atomic mass is 35.5. The average molecular weight is 389 g/mol. The lowest BCUT2D eigenvalue weighted by Gasteiger charge is -2.35. The van der Waals surface area contributed by atoms with E-state index in [0.717, 1.165) is 24.4 Å². The summed E-state index contributed by atoms with van der Waals surface area (Å²) in [5.74, 6) is 0.760. The van der Waals surface area contributed by atoms with Crippen LogP contribution in [0.3, 0.4) is 0 Å². The number of carbonyl (C=O) groups excluding carboxylic acids is 1. The number of halogens is 1. The maximum atomic E-state index is 12.3. The SMILES string of the molecule is O=C(CCOc1ccccc1)NCC(c1ccc(Cl)cc1)N1CCOCC1. The molecule has 1 atom stereocenters. The highest BCUT2D eigenvalue weighted by Gasteiger charge is 2.23. The molecule has 0 bridgehead atoms. The van der Waals surface area contributed by atoms with Crippen molar-refractivity contribution in [3.05, 3.63) is 65.2 Å². The number of para-hydroxylation sites is 1. The quantitative estimate of drug-likeness (QED) is 0.753. The number of nitrogens with zero attached hydrogens (tertiary/aromatic N) is 1. The number of rotatable bonds is 8. The molecule has 1 aliphatic heterocycles. The molecule has 1 heterocycles. The van der Waals surface area contributed by atoms with Crippen molar-refractivity contribution in [3.63, 3.8) is 0 Å². The summed E-state index contributed by atoms with van der Waals surface area (Å²) >= 11 is 6.02.